The second-order valence-electron chi connectivity index (χ2n) is 6.02. The normalized spacial score (nSPS) is 11.2. The highest BCUT2D eigenvalue weighted by Crippen LogP contribution is 2.29. The average molecular weight is 436 g/mol. The molecule has 0 saturated heterocycles. The monoisotopic (exact) mass is 435 g/mol. The quantitative estimate of drug-likeness (QED) is 0.301. The predicted molar refractivity (Wildman–Crippen MR) is 116 cm³/mol. The van der Waals surface area contributed by atoms with E-state index >= 15 is 0 Å². The van der Waals surface area contributed by atoms with Gasteiger partial charge in [0.2, 0.25) is 0 Å². The minimum Gasteiger partial charge on any atom is -0.236 e. The van der Waals surface area contributed by atoms with E-state index in [4.69, 9.17) is 0 Å². The fourth-order valence-corrected chi connectivity index (χ4v) is 3.94. The van der Waals surface area contributed by atoms with Crippen molar-refractivity contribution in [2.24, 2.45) is 0 Å². The van der Waals surface area contributed by atoms with Crippen LogP contribution in [0.4, 0.5) is 4.39 Å². The van der Waals surface area contributed by atoms with Gasteiger partial charge in [0.1, 0.15) is 10.8 Å². The lowest BCUT2D eigenvalue weighted by atomic mass is 10.1. The van der Waals surface area contributed by atoms with Gasteiger partial charge in [-0.3, -0.25) is 0 Å². The Morgan fingerprint density at radius 1 is 0.815 bits per heavy atom. The first kappa shape index (κ1) is 17.8. The molecule has 0 spiro atoms. The molecule has 1 heterocycles. The number of hydrogen-bond donors (Lipinski definition) is 0. The Balaban J connectivity index is 1.53. The Labute approximate surface area is 170 Å². The summed E-state index contributed by atoms with van der Waals surface area (Å²) in [5, 5.41) is 2.92. The van der Waals surface area contributed by atoms with Crippen molar-refractivity contribution in [1.82, 2.24) is 4.98 Å². The van der Waals surface area contributed by atoms with Gasteiger partial charge in [-0.15, -0.1) is 11.3 Å². The second kappa shape index (κ2) is 7.99. The molecule has 1 nitrogen and oxygen atoms in total. The molecule has 0 aliphatic carbocycles. The number of aromatic nitrogens is 1. The van der Waals surface area contributed by atoms with Gasteiger partial charge < -0.3 is 0 Å². The molecule has 0 radical (unpaired) electrons. The van der Waals surface area contributed by atoms with Gasteiger partial charge in [-0.05, 0) is 41.5 Å². The molecule has 4 aromatic rings. The Bertz CT molecular complexity index is 1080. The molecule has 27 heavy (non-hydrogen) atoms. The third kappa shape index (κ3) is 4.24. The molecular weight excluding hydrogens is 421 g/mol. The van der Waals surface area contributed by atoms with Gasteiger partial charge in [0.25, 0.3) is 0 Å². The van der Waals surface area contributed by atoms with E-state index in [0.29, 0.717) is 0 Å². The smallest absolute Gasteiger partial charge is 0.124 e. The van der Waals surface area contributed by atoms with E-state index in [-0.39, 0.29) is 5.82 Å². The summed E-state index contributed by atoms with van der Waals surface area (Å²) in [6.45, 7) is 0. The number of nitrogens with zero attached hydrogens (tertiary/aromatic N) is 1. The van der Waals surface area contributed by atoms with Crippen molar-refractivity contribution in [1.29, 1.82) is 0 Å². The van der Waals surface area contributed by atoms with E-state index in [2.05, 4.69) is 63.4 Å². The summed E-state index contributed by atoms with van der Waals surface area (Å²) in [6.07, 6.45) is 4.18. The standard InChI is InChI=1S/C23H15BrFNS/c24-21-4-2-1-3-17(21)8-5-16-6-9-18(10-7-16)22-15-27-23(26-22)19-11-13-20(25)14-12-19/h1-15H. The van der Waals surface area contributed by atoms with E-state index < -0.39 is 0 Å². The lowest BCUT2D eigenvalue weighted by Crippen LogP contribution is -1.81. The zero-order valence-electron chi connectivity index (χ0n) is 14.3. The van der Waals surface area contributed by atoms with Crippen LogP contribution in [0.1, 0.15) is 11.1 Å². The first-order valence-electron chi connectivity index (χ1n) is 8.43. The van der Waals surface area contributed by atoms with Gasteiger partial charge in [0.05, 0.1) is 5.69 Å². The summed E-state index contributed by atoms with van der Waals surface area (Å²) in [7, 11) is 0. The summed E-state index contributed by atoms with van der Waals surface area (Å²) >= 11 is 5.12. The Kier molecular flexibility index (Phi) is 5.28. The van der Waals surface area contributed by atoms with Crippen LogP contribution >= 0.6 is 27.3 Å². The van der Waals surface area contributed by atoms with Crippen molar-refractivity contribution in [2.45, 2.75) is 0 Å². The molecule has 0 N–H and O–H groups in total. The Hall–Kier alpha value is -2.56. The summed E-state index contributed by atoms with van der Waals surface area (Å²) in [5.74, 6) is -0.235. The van der Waals surface area contributed by atoms with Gasteiger partial charge in [0, 0.05) is 21.0 Å². The van der Waals surface area contributed by atoms with Crippen molar-refractivity contribution in [3.63, 3.8) is 0 Å². The van der Waals surface area contributed by atoms with Crippen LogP contribution in [-0.2, 0) is 0 Å². The Morgan fingerprint density at radius 2 is 1.52 bits per heavy atom. The zero-order valence-corrected chi connectivity index (χ0v) is 16.7. The summed E-state index contributed by atoms with van der Waals surface area (Å²) in [6, 6.07) is 22.9. The second-order valence-corrected chi connectivity index (χ2v) is 7.73. The van der Waals surface area contributed by atoms with Crippen LogP contribution in [0.5, 0.6) is 0 Å². The van der Waals surface area contributed by atoms with Crippen molar-refractivity contribution in [3.05, 3.63) is 99.6 Å². The minimum absolute atomic E-state index is 0.235. The van der Waals surface area contributed by atoms with E-state index in [1.54, 1.807) is 23.5 Å². The highest BCUT2D eigenvalue weighted by molar-refractivity contribution is 9.10. The topological polar surface area (TPSA) is 12.9 Å². The van der Waals surface area contributed by atoms with Gasteiger partial charge in [-0.1, -0.05) is 70.5 Å². The number of thiazole rings is 1. The first-order chi connectivity index (χ1) is 13.2. The molecule has 0 saturated carbocycles. The highest BCUT2D eigenvalue weighted by Gasteiger charge is 2.07. The molecule has 0 amide bonds. The van der Waals surface area contributed by atoms with Gasteiger partial charge in [-0.25, -0.2) is 9.37 Å². The largest absolute Gasteiger partial charge is 0.236 e. The Morgan fingerprint density at radius 3 is 2.26 bits per heavy atom. The molecule has 1 aromatic heterocycles. The van der Waals surface area contributed by atoms with Crippen molar-refractivity contribution in [3.8, 4) is 21.8 Å². The molecule has 0 fully saturated rings. The molecule has 0 unspecified atom stereocenters. The molecule has 0 aliphatic heterocycles. The van der Waals surface area contributed by atoms with Crippen LogP contribution in [-0.4, -0.2) is 4.98 Å². The van der Waals surface area contributed by atoms with Crippen LogP contribution in [0, 0.1) is 5.82 Å². The number of hydrogen-bond acceptors (Lipinski definition) is 2. The van der Waals surface area contributed by atoms with Gasteiger partial charge in [0.15, 0.2) is 0 Å². The first-order valence-corrected chi connectivity index (χ1v) is 10.1. The zero-order chi connectivity index (χ0) is 18.6. The fourth-order valence-electron chi connectivity index (χ4n) is 2.69. The maximum atomic E-state index is 13.1. The van der Waals surface area contributed by atoms with Crippen LogP contribution in [0.15, 0.2) is 82.6 Å². The predicted octanol–water partition coefficient (Wildman–Crippen LogP) is 7.55. The molecule has 0 atom stereocenters. The summed E-state index contributed by atoms with van der Waals surface area (Å²) in [5.41, 5.74) is 5.20. The fraction of sp³-hybridized carbons (Fsp3) is 0. The molecule has 132 valence electrons. The van der Waals surface area contributed by atoms with Crippen molar-refractivity contribution >= 4 is 39.4 Å². The maximum absolute atomic E-state index is 13.1. The highest BCUT2D eigenvalue weighted by atomic mass is 79.9. The lowest BCUT2D eigenvalue weighted by Gasteiger charge is -2.00. The molecule has 4 rings (SSSR count). The van der Waals surface area contributed by atoms with Gasteiger partial charge in [-0.2, -0.15) is 0 Å². The van der Waals surface area contributed by atoms with Gasteiger partial charge >= 0.3 is 0 Å². The van der Waals surface area contributed by atoms with Crippen LogP contribution in [0.2, 0.25) is 0 Å². The van der Waals surface area contributed by atoms with Crippen LogP contribution < -0.4 is 0 Å². The lowest BCUT2D eigenvalue weighted by molar-refractivity contribution is 0.628. The SMILES string of the molecule is Fc1ccc(-c2nc(-c3ccc(C=Cc4ccccc4Br)cc3)cs2)cc1. The van der Waals surface area contributed by atoms with E-state index in [0.717, 1.165) is 37.4 Å². The van der Waals surface area contributed by atoms with E-state index in [1.165, 1.54) is 12.1 Å². The van der Waals surface area contributed by atoms with Crippen LogP contribution in [0.25, 0.3) is 34.0 Å². The third-order valence-electron chi connectivity index (χ3n) is 4.16. The number of rotatable bonds is 4. The number of benzene rings is 3. The minimum atomic E-state index is -0.235. The molecule has 0 bridgehead atoms. The van der Waals surface area contributed by atoms with Crippen molar-refractivity contribution < 1.29 is 4.39 Å². The van der Waals surface area contributed by atoms with E-state index in [1.807, 2.05) is 23.6 Å². The number of halogens is 2. The molecule has 0 aliphatic rings. The summed E-state index contributed by atoms with van der Waals surface area (Å²) < 4.78 is 14.2. The molecule has 3 aromatic carbocycles. The third-order valence-corrected chi connectivity index (χ3v) is 5.78. The van der Waals surface area contributed by atoms with E-state index in [9.17, 15) is 4.39 Å². The van der Waals surface area contributed by atoms with Crippen molar-refractivity contribution in [2.75, 3.05) is 0 Å². The molecule has 4 heteroatoms. The maximum Gasteiger partial charge on any atom is 0.124 e. The molecular formula is C23H15BrFNS. The average Bonchev–Trinajstić information content (AvgIpc) is 3.18. The van der Waals surface area contributed by atoms with Crippen LogP contribution in [0.3, 0.4) is 0 Å². The summed E-state index contributed by atoms with van der Waals surface area (Å²) in [4.78, 5) is 4.69.